The van der Waals surface area contributed by atoms with Crippen molar-refractivity contribution < 1.29 is 13.9 Å². The van der Waals surface area contributed by atoms with E-state index in [1.54, 1.807) is 0 Å². The molecule has 1 N–H and O–H groups in total. The van der Waals surface area contributed by atoms with Crippen LogP contribution >= 0.6 is 0 Å². The van der Waals surface area contributed by atoms with Crippen molar-refractivity contribution in [2.24, 2.45) is 0 Å². The number of piperidine rings is 1. The summed E-state index contributed by atoms with van der Waals surface area (Å²) < 4.78 is 18.2. The first-order valence-electron chi connectivity index (χ1n) is 7.56. The summed E-state index contributed by atoms with van der Waals surface area (Å²) >= 11 is 0. The number of anilines is 1. The number of halogens is 1. The van der Waals surface area contributed by atoms with Gasteiger partial charge in [-0.3, -0.25) is 0 Å². The smallest absolute Gasteiger partial charge is 0.407 e. The molecular weight excluding hydrogens is 287 g/mol. The van der Waals surface area contributed by atoms with Crippen LogP contribution in [0.1, 0.15) is 40.0 Å². The molecule has 0 saturated carbocycles. The minimum atomic E-state index is -0.517. The van der Waals surface area contributed by atoms with Gasteiger partial charge in [-0.15, -0.1) is 0 Å². The highest BCUT2D eigenvalue weighted by Gasteiger charge is 2.26. The van der Waals surface area contributed by atoms with Crippen LogP contribution in [0.3, 0.4) is 0 Å². The molecule has 0 spiro atoms. The fourth-order valence-corrected chi connectivity index (χ4v) is 2.45. The molecule has 6 nitrogen and oxygen atoms in total. The Labute approximate surface area is 130 Å². The van der Waals surface area contributed by atoms with E-state index in [1.807, 2.05) is 25.7 Å². The molecule has 2 rings (SSSR count). The van der Waals surface area contributed by atoms with Gasteiger partial charge in [-0.25, -0.2) is 19.2 Å². The average molecular weight is 310 g/mol. The number of rotatable bonds is 3. The lowest BCUT2D eigenvalue weighted by molar-refractivity contribution is 0.0522. The Balaban J connectivity index is 1.95. The van der Waals surface area contributed by atoms with E-state index in [-0.39, 0.29) is 6.04 Å². The first-order chi connectivity index (χ1) is 10.3. The maximum absolute atomic E-state index is 12.9. The summed E-state index contributed by atoms with van der Waals surface area (Å²) in [5.74, 6) is 0.0429. The number of nitrogens with zero attached hydrogens (tertiary/aromatic N) is 3. The van der Waals surface area contributed by atoms with Gasteiger partial charge in [0.2, 0.25) is 5.95 Å². The highest BCUT2D eigenvalue weighted by atomic mass is 19.1. The van der Waals surface area contributed by atoms with Crippen LogP contribution in [0.2, 0.25) is 0 Å². The highest BCUT2D eigenvalue weighted by Crippen LogP contribution is 2.21. The van der Waals surface area contributed by atoms with Crippen molar-refractivity contribution in [3.8, 4) is 0 Å². The van der Waals surface area contributed by atoms with E-state index >= 15 is 0 Å². The second-order valence-electron chi connectivity index (χ2n) is 6.43. The zero-order chi connectivity index (χ0) is 16.2. The lowest BCUT2D eigenvalue weighted by Crippen LogP contribution is -2.48. The molecule has 1 aromatic rings. The van der Waals surface area contributed by atoms with Crippen molar-refractivity contribution in [1.82, 2.24) is 15.3 Å². The Kier molecular flexibility index (Phi) is 5.15. The topological polar surface area (TPSA) is 67.3 Å². The van der Waals surface area contributed by atoms with Crippen LogP contribution in [0.4, 0.5) is 15.1 Å². The van der Waals surface area contributed by atoms with Crippen LogP contribution in [0.15, 0.2) is 12.4 Å². The van der Waals surface area contributed by atoms with Gasteiger partial charge in [0.1, 0.15) is 5.60 Å². The van der Waals surface area contributed by atoms with Crippen molar-refractivity contribution in [3.05, 3.63) is 18.2 Å². The third-order valence-corrected chi connectivity index (χ3v) is 3.37. The molecule has 1 fully saturated rings. The first-order valence-corrected chi connectivity index (χ1v) is 7.56. The minimum Gasteiger partial charge on any atom is -0.444 e. The van der Waals surface area contributed by atoms with Gasteiger partial charge in [0.05, 0.1) is 12.4 Å². The van der Waals surface area contributed by atoms with Crippen molar-refractivity contribution >= 4 is 12.0 Å². The Hall–Kier alpha value is -1.92. The Morgan fingerprint density at radius 3 is 2.73 bits per heavy atom. The monoisotopic (exact) mass is 310 g/mol. The molecule has 1 aliphatic rings. The number of carbonyl (C=O) groups excluding carboxylic acids is 1. The largest absolute Gasteiger partial charge is 0.444 e. The highest BCUT2D eigenvalue weighted by molar-refractivity contribution is 5.67. The molecule has 1 aromatic heterocycles. The number of alkyl carbamates (subject to hydrolysis) is 1. The second kappa shape index (κ2) is 6.89. The van der Waals surface area contributed by atoms with Crippen LogP contribution in [0, 0.1) is 5.82 Å². The first kappa shape index (κ1) is 16.5. The lowest BCUT2D eigenvalue weighted by atomic mass is 10.0. The van der Waals surface area contributed by atoms with E-state index in [1.165, 1.54) is 0 Å². The summed E-state index contributed by atoms with van der Waals surface area (Å²) in [5.41, 5.74) is -0.517. The van der Waals surface area contributed by atoms with Crippen LogP contribution in [0.25, 0.3) is 0 Å². The summed E-state index contributed by atoms with van der Waals surface area (Å²) in [7, 11) is 0. The summed E-state index contributed by atoms with van der Waals surface area (Å²) in [6, 6.07) is 0.0896. The predicted molar refractivity (Wildman–Crippen MR) is 81.2 cm³/mol. The zero-order valence-electron chi connectivity index (χ0n) is 13.3. The van der Waals surface area contributed by atoms with Crippen LogP contribution in [-0.2, 0) is 4.74 Å². The molecular formula is C15H23FN4O2. The molecule has 1 atom stereocenters. The maximum atomic E-state index is 12.9. The van der Waals surface area contributed by atoms with Crippen molar-refractivity contribution in [3.63, 3.8) is 0 Å². The maximum Gasteiger partial charge on any atom is 0.407 e. The Morgan fingerprint density at radius 1 is 1.41 bits per heavy atom. The van der Waals surface area contributed by atoms with E-state index in [0.717, 1.165) is 38.2 Å². The number of aromatic nitrogens is 2. The van der Waals surface area contributed by atoms with Gasteiger partial charge in [-0.05, 0) is 40.0 Å². The quantitative estimate of drug-likeness (QED) is 0.929. The number of amides is 1. The van der Waals surface area contributed by atoms with Gasteiger partial charge in [0, 0.05) is 19.1 Å². The molecule has 22 heavy (non-hydrogen) atoms. The van der Waals surface area contributed by atoms with Gasteiger partial charge >= 0.3 is 6.09 Å². The zero-order valence-corrected chi connectivity index (χ0v) is 13.3. The van der Waals surface area contributed by atoms with Gasteiger partial charge in [-0.1, -0.05) is 0 Å². The van der Waals surface area contributed by atoms with Crippen molar-refractivity contribution in [2.45, 2.75) is 51.7 Å². The third kappa shape index (κ3) is 4.82. The Morgan fingerprint density at radius 2 is 2.09 bits per heavy atom. The molecule has 0 aliphatic carbocycles. The van der Waals surface area contributed by atoms with Crippen LogP contribution in [0.5, 0.6) is 0 Å². The minimum absolute atomic E-state index is 0.0896. The van der Waals surface area contributed by atoms with E-state index in [4.69, 9.17) is 4.74 Å². The molecule has 0 bridgehead atoms. The van der Waals surface area contributed by atoms with Crippen molar-refractivity contribution in [2.75, 3.05) is 18.0 Å². The number of hydrogen-bond donors (Lipinski definition) is 1. The van der Waals surface area contributed by atoms with E-state index < -0.39 is 17.5 Å². The molecule has 1 saturated heterocycles. The van der Waals surface area contributed by atoms with Gasteiger partial charge in [-0.2, -0.15) is 0 Å². The van der Waals surface area contributed by atoms with Crippen LogP contribution in [-0.4, -0.2) is 40.8 Å². The number of ether oxygens (including phenoxy) is 1. The predicted octanol–water partition coefficient (Wildman–Crippen LogP) is 2.50. The lowest BCUT2D eigenvalue weighted by Gasteiger charge is -2.35. The fraction of sp³-hybridized carbons (Fsp3) is 0.667. The van der Waals surface area contributed by atoms with Gasteiger partial charge in [0.25, 0.3) is 0 Å². The summed E-state index contributed by atoms with van der Waals surface area (Å²) in [5, 5.41) is 2.79. The fourth-order valence-electron chi connectivity index (χ4n) is 2.45. The molecule has 1 aliphatic heterocycles. The van der Waals surface area contributed by atoms with E-state index in [0.29, 0.717) is 12.5 Å². The van der Waals surface area contributed by atoms with E-state index in [9.17, 15) is 9.18 Å². The second-order valence-corrected chi connectivity index (χ2v) is 6.43. The molecule has 1 amide bonds. The van der Waals surface area contributed by atoms with Gasteiger partial charge < -0.3 is 15.0 Å². The molecule has 0 aromatic carbocycles. The molecule has 7 heteroatoms. The van der Waals surface area contributed by atoms with Gasteiger partial charge in [0.15, 0.2) is 5.82 Å². The van der Waals surface area contributed by atoms with E-state index in [2.05, 4.69) is 15.3 Å². The third-order valence-electron chi connectivity index (χ3n) is 3.37. The molecule has 2 heterocycles. The molecule has 122 valence electrons. The standard InChI is InChI=1S/C15H23FN4O2/c1-15(2,3)22-14(21)19-10-12-6-4-5-7-20(12)13-17-8-11(16)9-18-13/h8-9,12H,4-7,10H2,1-3H3,(H,19,21). The molecule has 0 radical (unpaired) electrons. The summed E-state index contributed by atoms with van der Waals surface area (Å²) in [6.45, 7) is 6.73. The summed E-state index contributed by atoms with van der Waals surface area (Å²) in [6.07, 6.45) is 4.93. The summed E-state index contributed by atoms with van der Waals surface area (Å²) in [4.78, 5) is 21.8. The van der Waals surface area contributed by atoms with Crippen LogP contribution < -0.4 is 10.2 Å². The van der Waals surface area contributed by atoms with Crippen molar-refractivity contribution in [1.29, 1.82) is 0 Å². The SMILES string of the molecule is CC(C)(C)OC(=O)NCC1CCCCN1c1ncc(F)cn1. The number of hydrogen-bond acceptors (Lipinski definition) is 5. The number of carbonyl (C=O) groups is 1. The normalized spacial score (nSPS) is 18.9. The number of nitrogens with one attached hydrogen (secondary N) is 1. The Bertz CT molecular complexity index is 501. The molecule has 1 unspecified atom stereocenters. The average Bonchev–Trinajstić information content (AvgIpc) is 2.45.